The molecule has 1 rings (SSSR count). The fourth-order valence-corrected chi connectivity index (χ4v) is 2.88. The first-order valence-corrected chi connectivity index (χ1v) is 9.12. The van der Waals surface area contributed by atoms with Gasteiger partial charge >= 0.3 is 0 Å². The van der Waals surface area contributed by atoms with E-state index in [1.807, 2.05) is 0 Å². The van der Waals surface area contributed by atoms with Crippen LogP contribution in [0, 0.1) is 5.92 Å². The molecule has 0 spiro atoms. The zero-order chi connectivity index (χ0) is 13.4. The summed E-state index contributed by atoms with van der Waals surface area (Å²) in [5.74, 6) is 0.525. The first kappa shape index (κ1) is 16.2. The van der Waals surface area contributed by atoms with Gasteiger partial charge in [-0.25, -0.2) is 8.42 Å². The third kappa shape index (κ3) is 6.92. The molecule has 0 aromatic heterocycles. The van der Waals surface area contributed by atoms with Crippen molar-refractivity contribution in [3.05, 3.63) is 0 Å². The van der Waals surface area contributed by atoms with E-state index >= 15 is 0 Å². The molecule has 2 atom stereocenters. The monoisotopic (exact) mass is 298 g/mol. The van der Waals surface area contributed by atoms with Crippen LogP contribution in [0.4, 0.5) is 0 Å². The quantitative estimate of drug-likeness (QED) is 0.510. The maximum atomic E-state index is 10.6. The molecule has 0 aromatic rings. The van der Waals surface area contributed by atoms with Crippen molar-refractivity contribution in [1.82, 2.24) is 0 Å². The fraction of sp³-hybridized carbons (Fsp3) is 1.00. The molecule has 1 saturated carbocycles. The van der Waals surface area contributed by atoms with E-state index in [1.165, 1.54) is 19.3 Å². The van der Waals surface area contributed by atoms with Gasteiger partial charge in [0, 0.05) is 10.7 Å². The van der Waals surface area contributed by atoms with Crippen molar-refractivity contribution < 1.29 is 17.9 Å². The summed E-state index contributed by atoms with van der Waals surface area (Å²) in [6, 6.07) is 0. The molecule has 0 heterocycles. The molecule has 0 saturated heterocycles. The summed E-state index contributed by atoms with van der Waals surface area (Å²) in [4.78, 5) is 0. The van der Waals surface area contributed by atoms with Gasteiger partial charge in [-0.1, -0.05) is 26.2 Å². The lowest BCUT2D eigenvalue weighted by atomic mass is 9.85. The summed E-state index contributed by atoms with van der Waals surface area (Å²) in [6.45, 7) is 3.30. The molecular weight excluding hydrogens is 276 g/mol. The van der Waals surface area contributed by atoms with Crippen molar-refractivity contribution in [3.8, 4) is 0 Å². The Bertz CT molecular complexity index is 318. The van der Waals surface area contributed by atoms with Crippen LogP contribution in [0.15, 0.2) is 0 Å². The Kier molecular flexibility index (Phi) is 7.53. The van der Waals surface area contributed by atoms with Crippen LogP contribution in [-0.2, 0) is 18.5 Å². The van der Waals surface area contributed by atoms with E-state index in [-0.39, 0.29) is 12.4 Å². The summed E-state index contributed by atoms with van der Waals surface area (Å²) in [5.41, 5.74) is 0. The Hall–Kier alpha value is 0.160. The maximum absolute atomic E-state index is 10.6. The molecule has 108 valence electrons. The minimum atomic E-state index is -3.44. The summed E-state index contributed by atoms with van der Waals surface area (Å²) >= 11 is 0. The number of halogens is 1. The van der Waals surface area contributed by atoms with Gasteiger partial charge in [0.1, 0.15) is 0 Å². The Balaban J connectivity index is 2.06. The average molecular weight is 299 g/mol. The Morgan fingerprint density at radius 2 is 1.89 bits per heavy atom. The lowest BCUT2D eigenvalue weighted by Crippen LogP contribution is -2.28. The van der Waals surface area contributed by atoms with Crippen molar-refractivity contribution in [3.63, 3.8) is 0 Å². The van der Waals surface area contributed by atoms with E-state index in [1.54, 1.807) is 0 Å². The minimum absolute atomic E-state index is 0.136. The van der Waals surface area contributed by atoms with Crippen molar-refractivity contribution in [2.75, 3.05) is 25.6 Å². The van der Waals surface area contributed by atoms with Gasteiger partial charge in [-0.2, -0.15) is 0 Å². The van der Waals surface area contributed by atoms with Gasteiger partial charge in [0.2, 0.25) is 9.05 Å². The van der Waals surface area contributed by atoms with Crippen molar-refractivity contribution in [1.29, 1.82) is 0 Å². The van der Waals surface area contributed by atoms with E-state index in [9.17, 15) is 8.42 Å². The fourth-order valence-electron chi connectivity index (χ4n) is 2.38. The molecule has 0 aliphatic heterocycles. The lowest BCUT2D eigenvalue weighted by Gasteiger charge is -2.30. The third-order valence-corrected chi connectivity index (χ3v) is 4.51. The number of hydrogen-bond acceptors (Lipinski definition) is 4. The molecule has 18 heavy (non-hydrogen) atoms. The second-order valence-electron chi connectivity index (χ2n) is 4.72. The van der Waals surface area contributed by atoms with E-state index in [4.69, 9.17) is 20.2 Å². The Labute approximate surface area is 114 Å². The Morgan fingerprint density at radius 3 is 2.56 bits per heavy atom. The summed E-state index contributed by atoms with van der Waals surface area (Å²) in [5, 5.41) is 0. The van der Waals surface area contributed by atoms with Gasteiger partial charge in [-0.3, -0.25) is 0 Å². The molecule has 2 unspecified atom stereocenters. The molecule has 1 aliphatic rings. The summed E-state index contributed by atoms with van der Waals surface area (Å²) < 4.78 is 32.3. The topological polar surface area (TPSA) is 52.6 Å². The number of rotatable bonds is 8. The summed E-state index contributed by atoms with van der Waals surface area (Å²) in [6.07, 6.45) is 6.45. The standard InChI is InChI=1S/C12H23ClO4S/c1-2-11-5-3-4-6-12(11)17-8-7-16-9-10-18(13,14)15/h11-12H,2-10H2,1H3. The van der Waals surface area contributed by atoms with E-state index in [0.717, 1.165) is 12.8 Å². The molecule has 0 amide bonds. The highest BCUT2D eigenvalue weighted by atomic mass is 35.7. The first-order chi connectivity index (χ1) is 8.53. The van der Waals surface area contributed by atoms with Crippen molar-refractivity contribution >= 4 is 19.7 Å². The SMILES string of the molecule is CCC1CCCCC1OCCOCCS(=O)(=O)Cl. The third-order valence-electron chi connectivity index (χ3n) is 3.39. The predicted molar refractivity (Wildman–Crippen MR) is 72.4 cm³/mol. The molecule has 0 N–H and O–H groups in total. The first-order valence-electron chi connectivity index (χ1n) is 6.64. The highest BCUT2D eigenvalue weighted by molar-refractivity contribution is 8.13. The Morgan fingerprint density at radius 1 is 1.17 bits per heavy atom. The van der Waals surface area contributed by atoms with Gasteiger partial charge in [0.05, 0.1) is 31.7 Å². The van der Waals surface area contributed by atoms with Gasteiger partial charge in [0.15, 0.2) is 0 Å². The summed E-state index contributed by atoms with van der Waals surface area (Å²) in [7, 11) is 1.63. The zero-order valence-corrected chi connectivity index (χ0v) is 12.5. The van der Waals surface area contributed by atoms with Crippen LogP contribution in [0.1, 0.15) is 39.0 Å². The molecule has 0 radical (unpaired) electrons. The second-order valence-corrected chi connectivity index (χ2v) is 7.61. The van der Waals surface area contributed by atoms with Crippen LogP contribution in [0.2, 0.25) is 0 Å². The second kappa shape index (κ2) is 8.35. The van der Waals surface area contributed by atoms with Crippen LogP contribution in [-0.4, -0.2) is 40.1 Å². The van der Waals surface area contributed by atoms with Gasteiger partial charge in [-0.15, -0.1) is 0 Å². The average Bonchev–Trinajstić information content (AvgIpc) is 2.32. The molecule has 6 heteroatoms. The van der Waals surface area contributed by atoms with Crippen molar-refractivity contribution in [2.45, 2.75) is 45.1 Å². The smallest absolute Gasteiger partial charge is 0.234 e. The largest absolute Gasteiger partial charge is 0.378 e. The minimum Gasteiger partial charge on any atom is -0.378 e. The molecule has 4 nitrogen and oxygen atoms in total. The highest BCUT2D eigenvalue weighted by Crippen LogP contribution is 2.28. The van der Waals surface area contributed by atoms with Gasteiger partial charge in [-0.05, 0) is 18.8 Å². The van der Waals surface area contributed by atoms with E-state index in [0.29, 0.717) is 25.2 Å². The van der Waals surface area contributed by atoms with E-state index in [2.05, 4.69) is 6.92 Å². The van der Waals surface area contributed by atoms with Crippen molar-refractivity contribution in [2.24, 2.45) is 5.92 Å². The van der Waals surface area contributed by atoms with Crippen LogP contribution in [0.5, 0.6) is 0 Å². The normalized spacial score (nSPS) is 25.2. The number of hydrogen-bond donors (Lipinski definition) is 0. The molecule has 1 fully saturated rings. The molecule has 0 aromatic carbocycles. The lowest BCUT2D eigenvalue weighted by molar-refractivity contribution is -0.0367. The van der Waals surface area contributed by atoms with Gasteiger partial charge < -0.3 is 9.47 Å². The van der Waals surface area contributed by atoms with Crippen LogP contribution < -0.4 is 0 Å². The van der Waals surface area contributed by atoms with Gasteiger partial charge in [0.25, 0.3) is 0 Å². The van der Waals surface area contributed by atoms with Crippen LogP contribution >= 0.6 is 10.7 Å². The van der Waals surface area contributed by atoms with E-state index < -0.39 is 9.05 Å². The molecular formula is C12H23ClO4S. The molecule has 0 bridgehead atoms. The van der Waals surface area contributed by atoms with Crippen LogP contribution in [0.3, 0.4) is 0 Å². The highest BCUT2D eigenvalue weighted by Gasteiger charge is 2.23. The molecule has 1 aliphatic carbocycles. The predicted octanol–water partition coefficient (Wildman–Crippen LogP) is 2.56. The zero-order valence-electron chi connectivity index (χ0n) is 10.9. The van der Waals surface area contributed by atoms with Crippen LogP contribution in [0.25, 0.3) is 0 Å². The number of ether oxygens (including phenoxy) is 2. The maximum Gasteiger partial charge on any atom is 0.234 e.